The van der Waals surface area contributed by atoms with Crippen molar-refractivity contribution in [1.29, 1.82) is 0 Å². The van der Waals surface area contributed by atoms with Crippen molar-refractivity contribution in [1.82, 2.24) is 16.0 Å². The zero-order valence-corrected chi connectivity index (χ0v) is 27.3. The van der Waals surface area contributed by atoms with Crippen LogP contribution in [0.4, 0.5) is 0 Å². The topological polar surface area (TPSA) is 174 Å². The summed E-state index contributed by atoms with van der Waals surface area (Å²) in [7, 11) is 0. The highest BCUT2D eigenvalue weighted by Gasteiger charge is 2.40. The second kappa shape index (κ2) is 20.7. The van der Waals surface area contributed by atoms with Gasteiger partial charge in [-0.25, -0.2) is 4.79 Å². The van der Waals surface area contributed by atoms with Crippen molar-refractivity contribution >= 4 is 23.7 Å². The molecule has 8 atom stereocenters. The van der Waals surface area contributed by atoms with E-state index in [1.54, 1.807) is 27.7 Å². The Bertz CT molecular complexity index is 852. The second-order valence-corrected chi connectivity index (χ2v) is 12.6. The lowest BCUT2D eigenvalue weighted by molar-refractivity contribution is -0.164. The standard InChI is InChI=1S/C32H59N3O8/c1-7-8-9-10-11-12-13-14-15-16-17-18-25(38)21(4)28-22(5)29(39)34-26(20(2)3)30(40)35-27(23(6)37)31(41)33-24(19-36)32(42)43-28/h20-28,36-38H,7-19H2,1-6H3,(H,33,41)(H,34,39)(H,35,40)/t21?,22?,23-,24+,25?,26+,27+,28?/m1/s1. The lowest BCUT2D eigenvalue weighted by atomic mass is 9.86. The Balaban J connectivity index is 2.95. The Kier molecular flexibility index (Phi) is 18.6. The first-order chi connectivity index (χ1) is 20.3. The minimum atomic E-state index is -1.50. The summed E-state index contributed by atoms with van der Waals surface area (Å²) in [5.41, 5.74) is 0. The fourth-order valence-corrected chi connectivity index (χ4v) is 5.44. The van der Waals surface area contributed by atoms with Crippen molar-refractivity contribution in [3.8, 4) is 0 Å². The number of carbonyl (C=O) groups is 4. The van der Waals surface area contributed by atoms with Gasteiger partial charge in [-0.2, -0.15) is 0 Å². The summed E-state index contributed by atoms with van der Waals surface area (Å²) in [6.07, 6.45) is 10.1. The molecule has 0 saturated carbocycles. The van der Waals surface area contributed by atoms with Gasteiger partial charge in [-0.15, -0.1) is 0 Å². The Morgan fingerprint density at radius 3 is 1.70 bits per heavy atom. The van der Waals surface area contributed by atoms with Crippen LogP contribution in [-0.4, -0.2) is 82.1 Å². The smallest absolute Gasteiger partial charge is 0.331 e. The molecule has 0 aromatic rings. The van der Waals surface area contributed by atoms with Crippen LogP contribution in [0.5, 0.6) is 0 Å². The lowest BCUT2D eigenvalue weighted by Gasteiger charge is -2.33. The van der Waals surface area contributed by atoms with Crippen molar-refractivity contribution in [2.45, 2.75) is 155 Å². The van der Waals surface area contributed by atoms with Crippen LogP contribution in [0.3, 0.4) is 0 Å². The van der Waals surface area contributed by atoms with Crippen LogP contribution in [0.25, 0.3) is 0 Å². The van der Waals surface area contributed by atoms with Gasteiger partial charge in [0, 0.05) is 5.92 Å². The molecule has 3 amide bonds. The molecule has 11 nitrogen and oxygen atoms in total. The lowest BCUT2D eigenvalue weighted by Crippen LogP contribution is -2.60. The van der Waals surface area contributed by atoms with E-state index in [0.717, 1.165) is 25.7 Å². The minimum absolute atomic E-state index is 0.366. The number of cyclic esters (lactones) is 1. The molecule has 6 N–H and O–H groups in total. The molecular formula is C32H59N3O8. The summed E-state index contributed by atoms with van der Waals surface area (Å²) in [6.45, 7) is 9.42. The van der Waals surface area contributed by atoms with E-state index in [9.17, 15) is 34.5 Å². The van der Waals surface area contributed by atoms with Crippen molar-refractivity contribution in [2.24, 2.45) is 17.8 Å². The average Bonchev–Trinajstić information content (AvgIpc) is 2.96. The third-order valence-corrected chi connectivity index (χ3v) is 8.48. The van der Waals surface area contributed by atoms with Gasteiger partial charge in [0.15, 0.2) is 6.04 Å². The average molecular weight is 614 g/mol. The predicted octanol–water partition coefficient (Wildman–Crippen LogP) is 2.73. The molecular weight excluding hydrogens is 554 g/mol. The Hall–Kier alpha value is -2.24. The van der Waals surface area contributed by atoms with Gasteiger partial charge in [0.25, 0.3) is 0 Å². The third kappa shape index (κ3) is 13.5. The summed E-state index contributed by atoms with van der Waals surface area (Å²) in [4.78, 5) is 52.4. The Labute approximate surface area is 258 Å². The number of hydrogen-bond acceptors (Lipinski definition) is 8. The molecule has 1 saturated heterocycles. The van der Waals surface area contributed by atoms with Gasteiger partial charge in [0.2, 0.25) is 17.7 Å². The van der Waals surface area contributed by atoms with E-state index < -0.39 is 78.6 Å². The first-order valence-electron chi connectivity index (χ1n) is 16.4. The number of amides is 3. The second-order valence-electron chi connectivity index (χ2n) is 12.6. The van der Waals surface area contributed by atoms with Crippen LogP contribution < -0.4 is 16.0 Å². The molecule has 0 aromatic heterocycles. The van der Waals surface area contributed by atoms with Gasteiger partial charge in [-0.05, 0) is 19.3 Å². The number of rotatable bonds is 17. The molecule has 0 bridgehead atoms. The molecule has 1 aliphatic heterocycles. The van der Waals surface area contributed by atoms with E-state index in [-0.39, 0.29) is 5.92 Å². The molecule has 250 valence electrons. The van der Waals surface area contributed by atoms with Crippen LogP contribution in [0, 0.1) is 17.8 Å². The van der Waals surface area contributed by atoms with Crippen LogP contribution >= 0.6 is 0 Å². The van der Waals surface area contributed by atoms with Gasteiger partial charge < -0.3 is 36.0 Å². The van der Waals surface area contributed by atoms with Crippen LogP contribution in [0.1, 0.15) is 119 Å². The number of carbonyl (C=O) groups excluding carboxylic acids is 4. The highest BCUT2D eigenvalue weighted by molar-refractivity contribution is 5.94. The number of aliphatic hydroxyl groups excluding tert-OH is 3. The van der Waals surface area contributed by atoms with E-state index in [2.05, 4.69) is 22.9 Å². The SMILES string of the molecule is CCCCCCCCCCCCCC(O)C(C)C1OC(=O)[C@H](CO)NC(=O)[C@H]([C@@H](C)O)NC(=O)[C@H](C(C)C)NC(=O)C1C. The summed E-state index contributed by atoms with van der Waals surface area (Å²) in [5, 5.41) is 38.5. The molecule has 0 radical (unpaired) electrons. The van der Waals surface area contributed by atoms with E-state index in [1.807, 2.05) is 0 Å². The molecule has 4 unspecified atom stereocenters. The van der Waals surface area contributed by atoms with Gasteiger partial charge >= 0.3 is 5.97 Å². The quantitative estimate of drug-likeness (QED) is 0.107. The summed E-state index contributed by atoms with van der Waals surface area (Å²) in [6, 6.07) is -3.97. The fourth-order valence-electron chi connectivity index (χ4n) is 5.44. The summed E-state index contributed by atoms with van der Waals surface area (Å²) < 4.78 is 5.70. The molecule has 0 aromatic carbocycles. The molecule has 0 spiro atoms. The number of ether oxygens (including phenoxy) is 1. The van der Waals surface area contributed by atoms with Gasteiger partial charge in [0.05, 0.1) is 24.7 Å². The number of nitrogens with one attached hydrogen (secondary N) is 3. The van der Waals surface area contributed by atoms with Crippen molar-refractivity contribution < 1.29 is 39.2 Å². The van der Waals surface area contributed by atoms with E-state index in [1.165, 1.54) is 51.9 Å². The zero-order chi connectivity index (χ0) is 32.5. The minimum Gasteiger partial charge on any atom is -0.460 e. The molecule has 1 fully saturated rings. The van der Waals surface area contributed by atoms with Gasteiger partial charge in [-0.3, -0.25) is 14.4 Å². The maximum absolute atomic E-state index is 13.4. The van der Waals surface area contributed by atoms with E-state index in [0.29, 0.717) is 6.42 Å². The molecule has 0 aliphatic carbocycles. The van der Waals surface area contributed by atoms with Gasteiger partial charge in [0.1, 0.15) is 18.2 Å². The Morgan fingerprint density at radius 1 is 0.721 bits per heavy atom. The van der Waals surface area contributed by atoms with Crippen molar-refractivity contribution in [2.75, 3.05) is 6.61 Å². The first-order valence-corrected chi connectivity index (χ1v) is 16.4. The Morgan fingerprint density at radius 2 is 1.21 bits per heavy atom. The van der Waals surface area contributed by atoms with Crippen LogP contribution in [-0.2, 0) is 23.9 Å². The van der Waals surface area contributed by atoms with E-state index >= 15 is 0 Å². The number of aliphatic hydroxyl groups is 3. The monoisotopic (exact) mass is 613 g/mol. The molecule has 1 aliphatic rings. The highest BCUT2D eigenvalue weighted by Crippen LogP contribution is 2.25. The summed E-state index contributed by atoms with van der Waals surface area (Å²) >= 11 is 0. The maximum atomic E-state index is 13.4. The maximum Gasteiger partial charge on any atom is 0.331 e. The van der Waals surface area contributed by atoms with Crippen LogP contribution in [0.2, 0.25) is 0 Å². The third-order valence-electron chi connectivity index (χ3n) is 8.48. The predicted molar refractivity (Wildman–Crippen MR) is 165 cm³/mol. The van der Waals surface area contributed by atoms with Gasteiger partial charge in [-0.1, -0.05) is 105 Å². The largest absolute Gasteiger partial charge is 0.460 e. The fraction of sp³-hybridized carbons (Fsp3) is 0.875. The zero-order valence-electron chi connectivity index (χ0n) is 27.3. The number of hydrogen-bond donors (Lipinski definition) is 6. The number of esters is 1. The van der Waals surface area contributed by atoms with Crippen molar-refractivity contribution in [3.63, 3.8) is 0 Å². The summed E-state index contributed by atoms with van der Waals surface area (Å²) in [5.74, 6) is -5.08. The molecule has 11 heteroatoms. The first kappa shape index (κ1) is 38.8. The normalized spacial score (nSPS) is 26.2. The highest BCUT2D eigenvalue weighted by atomic mass is 16.5. The molecule has 43 heavy (non-hydrogen) atoms. The van der Waals surface area contributed by atoms with Crippen LogP contribution in [0.15, 0.2) is 0 Å². The molecule has 1 heterocycles. The number of unbranched alkanes of at least 4 members (excludes halogenated alkanes) is 10. The van der Waals surface area contributed by atoms with Crippen molar-refractivity contribution in [3.05, 3.63) is 0 Å². The van der Waals surface area contributed by atoms with E-state index in [4.69, 9.17) is 4.74 Å². The molecule has 1 rings (SSSR count).